The summed E-state index contributed by atoms with van der Waals surface area (Å²) in [5, 5.41) is 11.3. The van der Waals surface area contributed by atoms with E-state index in [1.807, 2.05) is 28.8 Å². The van der Waals surface area contributed by atoms with Crippen LogP contribution in [-0.4, -0.2) is 17.7 Å². The number of quaternary nitrogens is 1. The van der Waals surface area contributed by atoms with Crippen molar-refractivity contribution in [3.8, 4) is 16.5 Å². The maximum absolute atomic E-state index is 12.6. The topological polar surface area (TPSA) is 50.2 Å². The van der Waals surface area contributed by atoms with Crippen molar-refractivity contribution < 1.29 is 4.90 Å². The summed E-state index contributed by atoms with van der Waals surface area (Å²) < 4.78 is 2.04. The van der Waals surface area contributed by atoms with Gasteiger partial charge in [0.15, 0.2) is 0 Å². The largest absolute Gasteiger partial charge is 0.330 e. The van der Waals surface area contributed by atoms with Crippen molar-refractivity contribution in [2.75, 3.05) is 13.1 Å². The van der Waals surface area contributed by atoms with Crippen molar-refractivity contribution in [3.63, 3.8) is 0 Å². The molecule has 2 aromatic heterocycles. The van der Waals surface area contributed by atoms with Crippen molar-refractivity contribution in [1.29, 1.82) is 5.26 Å². The van der Waals surface area contributed by atoms with Gasteiger partial charge in [0.1, 0.15) is 6.54 Å². The Morgan fingerprint density at radius 2 is 2.11 bits per heavy atom. The first-order valence-corrected chi connectivity index (χ1v) is 10.7. The summed E-state index contributed by atoms with van der Waals surface area (Å²) in [6.45, 7) is 3.89. The first-order valence-electron chi connectivity index (χ1n) is 9.81. The molecular weight excluding hydrogens is 366 g/mol. The fourth-order valence-electron chi connectivity index (χ4n) is 5.06. The summed E-state index contributed by atoms with van der Waals surface area (Å²) in [7, 11) is 0. The van der Waals surface area contributed by atoms with Gasteiger partial charge in [-0.15, -0.1) is 11.3 Å². The predicted octanol–water partition coefficient (Wildman–Crippen LogP) is 2.65. The molecule has 1 saturated heterocycles. The molecule has 28 heavy (non-hydrogen) atoms. The number of likely N-dealkylation sites (tertiary alicyclic amines) is 1. The monoisotopic (exact) mass is 388 g/mol. The second-order valence-electron chi connectivity index (χ2n) is 8.00. The van der Waals surface area contributed by atoms with Crippen LogP contribution in [0.3, 0.4) is 0 Å². The van der Waals surface area contributed by atoms with Crippen LogP contribution in [0.25, 0.3) is 10.4 Å². The molecule has 0 spiro atoms. The minimum Gasteiger partial charge on any atom is -0.330 e. The quantitative estimate of drug-likeness (QED) is 0.750. The number of fused-ring (bicyclic) bond motifs is 4. The molecule has 1 unspecified atom stereocenters. The molecule has 4 nitrogen and oxygen atoms in total. The molecule has 0 saturated carbocycles. The summed E-state index contributed by atoms with van der Waals surface area (Å²) in [6.07, 6.45) is 1.17. The summed E-state index contributed by atoms with van der Waals surface area (Å²) >= 11 is 1.74. The third-order valence-electron chi connectivity index (χ3n) is 6.08. The van der Waals surface area contributed by atoms with Gasteiger partial charge in [0.25, 0.3) is 5.56 Å². The first kappa shape index (κ1) is 17.4. The Morgan fingerprint density at radius 1 is 1.18 bits per heavy atom. The van der Waals surface area contributed by atoms with E-state index in [-0.39, 0.29) is 5.56 Å². The lowest BCUT2D eigenvalue weighted by Gasteiger charge is -2.41. The maximum Gasteiger partial charge on any atom is 0.250 e. The molecule has 3 aromatic rings. The molecule has 0 amide bonds. The average Bonchev–Trinajstić information content (AvgIpc) is 3.23. The average molecular weight is 389 g/mol. The number of hydrogen-bond acceptors (Lipinski definition) is 3. The zero-order valence-electron chi connectivity index (χ0n) is 15.6. The van der Waals surface area contributed by atoms with E-state index in [2.05, 4.69) is 29.6 Å². The molecule has 2 aliphatic heterocycles. The Hall–Kier alpha value is -2.68. The molecular formula is C23H22N3OS+. The second-order valence-corrected chi connectivity index (χ2v) is 8.95. The number of rotatable bonds is 3. The van der Waals surface area contributed by atoms with Crippen LogP contribution in [-0.2, 0) is 13.1 Å². The standard InChI is InChI=1S/C23H21N3OS/c24-11-16-3-1-4-17(9-16)12-25-13-18-10-19(15-25)23-20(21-5-2-8-28-21)6-7-22(27)26(23)14-18/h1-9,18-19H,10,12-15H2/p+1/t18-,19+/m0/s1. The normalized spacial score (nSPS) is 23.0. The van der Waals surface area contributed by atoms with Crippen LogP contribution < -0.4 is 10.5 Å². The van der Waals surface area contributed by atoms with Gasteiger partial charge in [0.05, 0.1) is 24.7 Å². The van der Waals surface area contributed by atoms with E-state index < -0.39 is 0 Å². The number of pyridine rings is 1. The summed E-state index contributed by atoms with van der Waals surface area (Å²) in [6, 6.07) is 18.2. The SMILES string of the molecule is N#Cc1cccc(C[NH+]2C[C@@H]3C[C@H](C2)c2c(-c4cccs4)ccc(=O)n2C3)c1. The molecule has 2 bridgehead atoms. The highest BCUT2D eigenvalue weighted by Gasteiger charge is 2.38. The molecule has 1 fully saturated rings. The van der Waals surface area contributed by atoms with Crippen molar-refractivity contribution in [3.05, 3.63) is 81.1 Å². The van der Waals surface area contributed by atoms with Crippen LogP contribution in [0.2, 0.25) is 0 Å². The van der Waals surface area contributed by atoms with E-state index >= 15 is 0 Å². The molecule has 5 rings (SSSR count). The lowest BCUT2D eigenvalue weighted by Crippen LogP contribution is -3.13. The van der Waals surface area contributed by atoms with E-state index in [0.717, 1.165) is 31.7 Å². The highest BCUT2D eigenvalue weighted by atomic mass is 32.1. The van der Waals surface area contributed by atoms with E-state index in [4.69, 9.17) is 5.26 Å². The number of nitriles is 1. The van der Waals surface area contributed by atoms with Gasteiger partial charge in [-0.25, -0.2) is 0 Å². The number of aromatic nitrogens is 1. The number of nitrogens with one attached hydrogen (secondary N) is 1. The molecule has 5 heteroatoms. The Kier molecular flexibility index (Phi) is 4.38. The highest BCUT2D eigenvalue weighted by molar-refractivity contribution is 7.13. The van der Waals surface area contributed by atoms with Crippen LogP contribution in [0.5, 0.6) is 0 Å². The lowest BCUT2D eigenvalue weighted by molar-refractivity contribution is -0.924. The molecule has 0 radical (unpaired) electrons. The minimum absolute atomic E-state index is 0.134. The Balaban J connectivity index is 1.48. The number of benzene rings is 1. The number of nitrogens with zero attached hydrogens (tertiary/aromatic N) is 2. The molecule has 1 aromatic carbocycles. The van der Waals surface area contributed by atoms with Crippen LogP contribution in [0.4, 0.5) is 0 Å². The number of hydrogen-bond donors (Lipinski definition) is 1. The lowest BCUT2D eigenvalue weighted by atomic mass is 9.81. The van der Waals surface area contributed by atoms with Gasteiger partial charge in [0, 0.05) is 46.1 Å². The summed E-state index contributed by atoms with van der Waals surface area (Å²) in [5.41, 5.74) is 4.54. The molecule has 0 aliphatic carbocycles. The Bertz CT molecular complexity index is 1110. The van der Waals surface area contributed by atoms with Gasteiger partial charge in [-0.3, -0.25) is 4.79 Å². The predicted molar refractivity (Wildman–Crippen MR) is 110 cm³/mol. The van der Waals surface area contributed by atoms with E-state index in [0.29, 0.717) is 11.8 Å². The van der Waals surface area contributed by atoms with Crippen molar-refractivity contribution in [1.82, 2.24) is 4.57 Å². The highest BCUT2D eigenvalue weighted by Crippen LogP contribution is 2.38. The molecule has 3 atom stereocenters. The second kappa shape index (κ2) is 7.05. The first-order chi connectivity index (χ1) is 13.7. The van der Waals surface area contributed by atoms with E-state index in [1.54, 1.807) is 22.3 Å². The van der Waals surface area contributed by atoms with Crippen LogP contribution in [0.1, 0.15) is 29.2 Å². The third-order valence-corrected chi connectivity index (χ3v) is 6.98. The molecule has 1 N–H and O–H groups in total. The van der Waals surface area contributed by atoms with Crippen molar-refractivity contribution >= 4 is 11.3 Å². The molecule has 2 aliphatic rings. The molecule has 4 heterocycles. The molecule has 140 valence electrons. The van der Waals surface area contributed by atoms with Crippen molar-refractivity contribution in [2.45, 2.75) is 25.4 Å². The van der Waals surface area contributed by atoms with Gasteiger partial charge in [-0.1, -0.05) is 18.2 Å². The van der Waals surface area contributed by atoms with E-state index in [1.165, 1.54) is 28.1 Å². The van der Waals surface area contributed by atoms with Gasteiger partial charge in [-0.05, 0) is 36.1 Å². The fraction of sp³-hybridized carbons (Fsp3) is 0.304. The van der Waals surface area contributed by atoms with Crippen LogP contribution >= 0.6 is 11.3 Å². The van der Waals surface area contributed by atoms with Gasteiger partial charge in [-0.2, -0.15) is 5.26 Å². The summed E-state index contributed by atoms with van der Waals surface area (Å²) in [4.78, 5) is 15.4. The van der Waals surface area contributed by atoms with Crippen LogP contribution in [0, 0.1) is 17.2 Å². The maximum atomic E-state index is 12.6. The smallest absolute Gasteiger partial charge is 0.250 e. The third kappa shape index (κ3) is 3.09. The van der Waals surface area contributed by atoms with Crippen LogP contribution in [0.15, 0.2) is 58.7 Å². The van der Waals surface area contributed by atoms with Crippen molar-refractivity contribution in [2.24, 2.45) is 5.92 Å². The Morgan fingerprint density at radius 3 is 2.93 bits per heavy atom. The fourth-order valence-corrected chi connectivity index (χ4v) is 5.82. The minimum atomic E-state index is 0.134. The van der Waals surface area contributed by atoms with Gasteiger partial charge >= 0.3 is 0 Å². The van der Waals surface area contributed by atoms with Gasteiger partial charge in [0.2, 0.25) is 0 Å². The number of piperidine rings is 1. The zero-order chi connectivity index (χ0) is 19.1. The number of thiophene rings is 1. The van der Waals surface area contributed by atoms with E-state index in [9.17, 15) is 4.79 Å². The summed E-state index contributed by atoms with van der Waals surface area (Å²) in [5.74, 6) is 0.948. The zero-order valence-corrected chi connectivity index (χ0v) is 16.4. The Labute approximate surface area is 168 Å². The van der Waals surface area contributed by atoms with Gasteiger partial charge < -0.3 is 9.47 Å².